The minimum Gasteiger partial charge on any atom is -0.312 e. The molecule has 0 radical (unpaired) electrons. The van der Waals surface area contributed by atoms with E-state index in [1.807, 2.05) is 0 Å². The summed E-state index contributed by atoms with van der Waals surface area (Å²) in [4.78, 5) is 0. The standard InChI is InChI=1S/C9H9F2N/c10-7-3-6-1-2-12-5-8(6)9(11)4-7/h3-4,12H,1-2,5H2. The van der Waals surface area contributed by atoms with Gasteiger partial charge in [-0.1, -0.05) is 0 Å². The summed E-state index contributed by atoms with van der Waals surface area (Å²) in [5.41, 5.74) is 1.41. The van der Waals surface area contributed by atoms with Gasteiger partial charge in [-0.25, -0.2) is 8.78 Å². The van der Waals surface area contributed by atoms with Gasteiger partial charge in [0.1, 0.15) is 11.6 Å². The molecule has 0 spiro atoms. The van der Waals surface area contributed by atoms with E-state index >= 15 is 0 Å². The molecule has 0 saturated carbocycles. The van der Waals surface area contributed by atoms with Gasteiger partial charge in [0.2, 0.25) is 0 Å². The van der Waals surface area contributed by atoms with Crippen LogP contribution in [0.2, 0.25) is 0 Å². The molecule has 12 heavy (non-hydrogen) atoms. The zero-order valence-corrected chi connectivity index (χ0v) is 6.53. The second-order valence-electron chi connectivity index (χ2n) is 2.95. The molecule has 0 aromatic heterocycles. The van der Waals surface area contributed by atoms with Crippen LogP contribution in [0.3, 0.4) is 0 Å². The molecule has 1 N–H and O–H groups in total. The van der Waals surface area contributed by atoms with Crippen LogP contribution in [0, 0.1) is 11.6 Å². The lowest BCUT2D eigenvalue weighted by Crippen LogP contribution is -2.24. The molecule has 1 aliphatic rings. The summed E-state index contributed by atoms with van der Waals surface area (Å²) in [6.45, 7) is 1.32. The molecular weight excluding hydrogens is 160 g/mol. The van der Waals surface area contributed by atoms with Crippen molar-refractivity contribution < 1.29 is 8.78 Å². The number of hydrogen-bond acceptors (Lipinski definition) is 1. The number of hydrogen-bond donors (Lipinski definition) is 1. The number of halogens is 2. The smallest absolute Gasteiger partial charge is 0.130 e. The van der Waals surface area contributed by atoms with Gasteiger partial charge < -0.3 is 5.32 Å². The quantitative estimate of drug-likeness (QED) is 0.622. The maximum Gasteiger partial charge on any atom is 0.130 e. The normalized spacial score (nSPS) is 15.8. The van der Waals surface area contributed by atoms with Gasteiger partial charge in [-0.15, -0.1) is 0 Å². The van der Waals surface area contributed by atoms with E-state index in [1.54, 1.807) is 0 Å². The number of rotatable bonds is 0. The number of nitrogens with one attached hydrogen (secondary N) is 1. The Labute approximate surface area is 69.4 Å². The Hall–Kier alpha value is -0.960. The van der Waals surface area contributed by atoms with Gasteiger partial charge >= 0.3 is 0 Å². The highest BCUT2D eigenvalue weighted by Gasteiger charge is 2.13. The SMILES string of the molecule is Fc1cc(F)c2c(c1)CCNC2. The molecule has 64 valence electrons. The van der Waals surface area contributed by atoms with E-state index in [0.717, 1.165) is 18.2 Å². The van der Waals surface area contributed by atoms with Crippen molar-refractivity contribution in [3.8, 4) is 0 Å². The van der Waals surface area contributed by atoms with E-state index < -0.39 is 11.6 Å². The van der Waals surface area contributed by atoms with E-state index in [0.29, 0.717) is 18.5 Å². The third kappa shape index (κ3) is 1.20. The predicted octanol–water partition coefficient (Wildman–Crippen LogP) is 1.61. The van der Waals surface area contributed by atoms with Crippen molar-refractivity contribution in [2.24, 2.45) is 0 Å². The zero-order valence-electron chi connectivity index (χ0n) is 6.53. The van der Waals surface area contributed by atoms with Crippen molar-refractivity contribution in [1.29, 1.82) is 0 Å². The number of benzene rings is 1. The molecule has 0 amide bonds. The lowest BCUT2D eigenvalue weighted by atomic mass is 10.0. The fraction of sp³-hybridized carbons (Fsp3) is 0.333. The Morgan fingerprint density at radius 1 is 1.25 bits per heavy atom. The average Bonchev–Trinajstić information content (AvgIpc) is 2.04. The van der Waals surface area contributed by atoms with E-state index in [4.69, 9.17) is 0 Å². The second kappa shape index (κ2) is 2.83. The minimum absolute atomic E-state index is 0.433. The summed E-state index contributed by atoms with van der Waals surface area (Å²) >= 11 is 0. The highest BCUT2D eigenvalue weighted by Crippen LogP contribution is 2.18. The van der Waals surface area contributed by atoms with Gasteiger partial charge in [0.25, 0.3) is 0 Å². The summed E-state index contributed by atoms with van der Waals surface area (Å²) in [7, 11) is 0. The molecule has 1 aromatic carbocycles. The first kappa shape index (κ1) is 7.68. The van der Waals surface area contributed by atoms with Crippen LogP contribution >= 0.6 is 0 Å². The topological polar surface area (TPSA) is 12.0 Å². The Morgan fingerprint density at radius 2 is 2.08 bits per heavy atom. The van der Waals surface area contributed by atoms with Crippen LogP contribution in [0.4, 0.5) is 8.78 Å². The summed E-state index contributed by atoms with van der Waals surface area (Å²) in [5.74, 6) is -0.912. The fourth-order valence-electron chi connectivity index (χ4n) is 1.51. The summed E-state index contributed by atoms with van der Waals surface area (Å²) in [5, 5.41) is 3.04. The molecule has 0 fully saturated rings. The highest BCUT2D eigenvalue weighted by molar-refractivity contribution is 5.31. The first-order chi connectivity index (χ1) is 5.77. The van der Waals surface area contributed by atoms with E-state index in [1.165, 1.54) is 6.07 Å². The molecule has 1 aliphatic heterocycles. The maximum atomic E-state index is 13.1. The van der Waals surface area contributed by atoms with Gasteiger partial charge in [0.15, 0.2) is 0 Å². The van der Waals surface area contributed by atoms with E-state index in [-0.39, 0.29) is 0 Å². The van der Waals surface area contributed by atoms with Crippen LogP contribution in [0.15, 0.2) is 12.1 Å². The molecule has 3 heteroatoms. The third-order valence-electron chi connectivity index (χ3n) is 2.13. The van der Waals surface area contributed by atoms with Crippen LogP contribution in [-0.4, -0.2) is 6.54 Å². The van der Waals surface area contributed by atoms with Crippen LogP contribution < -0.4 is 5.32 Å². The Bertz CT molecular complexity index is 310. The Kier molecular flexibility index (Phi) is 1.81. The molecule has 1 aromatic rings. The van der Waals surface area contributed by atoms with Crippen molar-refractivity contribution in [2.45, 2.75) is 13.0 Å². The average molecular weight is 169 g/mol. The Balaban J connectivity index is 2.53. The minimum atomic E-state index is -0.479. The van der Waals surface area contributed by atoms with Gasteiger partial charge in [-0.2, -0.15) is 0 Å². The van der Waals surface area contributed by atoms with E-state index in [2.05, 4.69) is 5.32 Å². The lowest BCUT2D eigenvalue weighted by Gasteiger charge is -2.17. The van der Waals surface area contributed by atoms with Crippen LogP contribution in [0.25, 0.3) is 0 Å². The Morgan fingerprint density at radius 3 is 2.92 bits per heavy atom. The van der Waals surface area contributed by atoms with Gasteiger partial charge in [0.05, 0.1) is 0 Å². The molecule has 0 saturated heterocycles. The molecule has 0 bridgehead atoms. The molecule has 0 atom stereocenters. The lowest BCUT2D eigenvalue weighted by molar-refractivity contribution is 0.538. The van der Waals surface area contributed by atoms with Crippen molar-refractivity contribution in [3.05, 3.63) is 34.9 Å². The van der Waals surface area contributed by atoms with Crippen LogP contribution in [0.5, 0.6) is 0 Å². The maximum absolute atomic E-state index is 13.1. The second-order valence-corrected chi connectivity index (χ2v) is 2.95. The summed E-state index contributed by atoms with van der Waals surface area (Å²) in [6.07, 6.45) is 0.712. The van der Waals surface area contributed by atoms with Crippen molar-refractivity contribution in [1.82, 2.24) is 5.32 Å². The molecule has 1 heterocycles. The summed E-state index contributed by atoms with van der Waals surface area (Å²) < 4.78 is 25.7. The zero-order chi connectivity index (χ0) is 8.55. The molecule has 0 aliphatic carbocycles. The first-order valence-corrected chi connectivity index (χ1v) is 3.95. The largest absolute Gasteiger partial charge is 0.312 e. The third-order valence-corrected chi connectivity index (χ3v) is 2.13. The van der Waals surface area contributed by atoms with Crippen LogP contribution in [0.1, 0.15) is 11.1 Å². The molecular formula is C9H9F2N. The number of fused-ring (bicyclic) bond motifs is 1. The van der Waals surface area contributed by atoms with Gasteiger partial charge in [0, 0.05) is 18.2 Å². The van der Waals surface area contributed by atoms with Gasteiger partial charge in [-0.3, -0.25) is 0 Å². The molecule has 2 rings (SSSR count). The fourth-order valence-corrected chi connectivity index (χ4v) is 1.51. The van der Waals surface area contributed by atoms with Crippen molar-refractivity contribution in [2.75, 3.05) is 6.54 Å². The summed E-state index contributed by atoms with van der Waals surface area (Å²) in [6, 6.07) is 2.35. The molecule has 0 unspecified atom stereocenters. The van der Waals surface area contributed by atoms with Gasteiger partial charge in [-0.05, 0) is 24.6 Å². The van der Waals surface area contributed by atoms with Crippen LogP contribution in [-0.2, 0) is 13.0 Å². The first-order valence-electron chi connectivity index (χ1n) is 3.95. The van der Waals surface area contributed by atoms with E-state index in [9.17, 15) is 8.78 Å². The monoisotopic (exact) mass is 169 g/mol. The predicted molar refractivity (Wildman–Crippen MR) is 41.8 cm³/mol. The van der Waals surface area contributed by atoms with Crippen molar-refractivity contribution in [3.63, 3.8) is 0 Å². The molecule has 1 nitrogen and oxygen atoms in total. The highest BCUT2D eigenvalue weighted by atomic mass is 19.1. The van der Waals surface area contributed by atoms with Crippen molar-refractivity contribution >= 4 is 0 Å².